The maximum atomic E-state index is 5.58. The fourth-order valence-corrected chi connectivity index (χ4v) is 3.20. The normalized spacial score (nSPS) is 17.0. The van der Waals surface area contributed by atoms with Crippen LogP contribution in [0.3, 0.4) is 0 Å². The van der Waals surface area contributed by atoms with Crippen molar-refractivity contribution in [1.82, 2.24) is 25.4 Å². The van der Waals surface area contributed by atoms with Crippen LogP contribution in [-0.4, -0.2) is 58.9 Å². The molecule has 2 N–H and O–H groups in total. The lowest BCUT2D eigenvalue weighted by atomic mass is 10.1. The van der Waals surface area contributed by atoms with Crippen molar-refractivity contribution in [2.24, 2.45) is 10.9 Å². The predicted octanol–water partition coefficient (Wildman–Crippen LogP) is 2.91. The fraction of sp³-hybridized carbons (Fsp3) is 0.526. The van der Waals surface area contributed by atoms with Crippen LogP contribution in [0.15, 0.2) is 35.6 Å². The van der Waals surface area contributed by atoms with Gasteiger partial charge in [-0.1, -0.05) is 18.2 Å². The zero-order valence-corrected chi connectivity index (χ0v) is 18.3. The standard InChI is InChI=1S/C19H28N6O.HI/c1-3-20-19(25-9-8-16(12-25)13-26-4-2)21-11-15-6-5-7-17(10-15)18-22-14-23-24-18;/h5-7,10,14,16H,3-4,8-9,11-13H2,1-2H3,(H,20,21)(H,22,23,24);1H. The van der Waals surface area contributed by atoms with Gasteiger partial charge in [-0.15, -0.1) is 24.0 Å². The van der Waals surface area contributed by atoms with Crippen LogP contribution in [0.25, 0.3) is 11.4 Å². The zero-order valence-electron chi connectivity index (χ0n) is 16.0. The minimum Gasteiger partial charge on any atom is -0.381 e. The first-order valence-electron chi connectivity index (χ1n) is 9.35. The summed E-state index contributed by atoms with van der Waals surface area (Å²) >= 11 is 0. The van der Waals surface area contributed by atoms with Gasteiger partial charge < -0.3 is 15.0 Å². The van der Waals surface area contributed by atoms with Gasteiger partial charge in [-0.2, -0.15) is 5.10 Å². The van der Waals surface area contributed by atoms with Crippen LogP contribution in [0, 0.1) is 5.92 Å². The molecule has 1 aliphatic rings. The molecule has 8 heteroatoms. The van der Waals surface area contributed by atoms with Gasteiger partial charge in [-0.05, 0) is 31.9 Å². The minimum atomic E-state index is 0. The number of H-pyrrole nitrogens is 1. The Balaban J connectivity index is 0.00000261. The van der Waals surface area contributed by atoms with E-state index in [2.05, 4.69) is 44.5 Å². The second-order valence-corrected chi connectivity index (χ2v) is 6.46. The van der Waals surface area contributed by atoms with Crippen LogP contribution in [0.2, 0.25) is 0 Å². The summed E-state index contributed by atoms with van der Waals surface area (Å²) in [5.74, 6) is 2.35. The third-order valence-corrected chi connectivity index (χ3v) is 4.50. The second kappa shape index (κ2) is 11.2. The highest BCUT2D eigenvalue weighted by molar-refractivity contribution is 14.0. The lowest BCUT2D eigenvalue weighted by Crippen LogP contribution is -2.40. The first kappa shape index (κ1) is 21.6. The largest absolute Gasteiger partial charge is 0.381 e. The number of aliphatic imine (C=N–C) groups is 1. The molecule has 0 bridgehead atoms. The second-order valence-electron chi connectivity index (χ2n) is 6.46. The Morgan fingerprint density at radius 3 is 3.04 bits per heavy atom. The lowest BCUT2D eigenvalue weighted by molar-refractivity contribution is 0.114. The number of nitrogens with one attached hydrogen (secondary N) is 2. The van der Waals surface area contributed by atoms with Gasteiger partial charge in [0.1, 0.15) is 6.33 Å². The summed E-state index contributed by atoms with van der Waals surface area (Å²) in [5.41, 5.74) is 2.18. The monoisotopic (exact) mass is 484 g/mol. The van der Waals surface area contributed by atoms with Gasteiger partial charge in [-0.3, -0.25) is 5.10 Å². The van der Waals surface area contributed by atoms with Crippen LogP contribution in [-0.2, 0) is 11.3 Å². The number of likely N-dealkylation sites (tertiary alicyclic amines) is 1. The van der Waals surface area contributed by atoms with E-state index in [0.717, 1.165) is 62.2 Å². The maximum Gasteiger partial charge on any atom is 0.194 e. The molecule has 0 aliphatic carbocycles. The van der Waals surface area contributed by atoms with Crippen LogP contribution in [0.1, 0.15) is 25.8 Å². The smallest absolute Gasteiger partial charge is 0.194 e. The fourth-order valence-electron chi connectivity index (χ4n) is 3.20. The highest BCUT2D eigenvalue weighted by Crippen LogP contribution is 2.18. The first-order chi connectivity index (χ1) is 12.8. The van der Waals surface area contributed by atoms with Crippen LogP contribution in [0.4, 0.5) is 0 Å². The van der Waals surface area contributed by atoms with Gasteiger partial charge in [0.05, 0.1) is 13.2 Å². The molecule has 1 fully saturated rings. The van der Waals surface area contributed by atoms with Crippen LogP contribution in [0.5, 0.6) is 0 Å². The highest BCUT2D eigenvalue weighted by Gasteiger charge is 2.24. The molecular weight excluding hydrogens is 455 g/mol. The summed E-state index contributed by atoms with van der Waals surface area (Å²) in [6, 6.07) is 8.26. The average Bonchev–Trinajstić information content (AvgIpc) is 3.35. The lowest BCUT2D eigenvalue weighted by Gasteiger charge is -2.21. The molecule has 7 nitrogen and oxygen atoms in total. The molecule has 27 heavy (non-hydrogen) atoms. The van der Waals surface area contributed by atoms with Gasteiger partial charge in [0.2, 0.25) is 0 Å². The van der Waals surface area contributed by atoms with Crippen molar-refractivity contribution in [1.29, 1.82) is 0 Å². The number of ether oxygens (including phenoxy) is 1. The van der Waals surface area contributed by atoms with Crippen molar-refractivity contribution >= 4 is 29.9 Å². The Morgan fingerprint density at radius 1 is 1.41 bits per heavy atom. The molecule has 0 spiro atoms. The number of benzene rings is 1. The first-order valence-corrected chi connectivity index (χ1v) is 9.35. The number of aromatic nitrogens is 3. The van der Waals surface area contributed by atoms with Crippen LogP contribution >= 0.6 is 24.0 Å². The van der Waals surface area contributed by atoms with E-state index in [-0.39, 0.29) is 24.0 Å². The molecule has 0 saturated carbocycles. The molecule has 3 rings (SSSR count). The Kier molecular flexibility index (Phi) is 8.99. The Morgan fingerprint density at radius 2 is 2.30 bits per heavy atom. The van der Waals surface area contributed by atoms with E-state index >= 15 is 0 Å². The van der Waals surface area contributed by atoms with E-state index in [1.165, 1.54) is 6.33 Å². The molecular formula is C19H29IN6O. The molecule has 1 aromatic carbocycles. The number of halogens is 1. The van der Waals surface area contributed by atoms with E-state index in [9.17, 15) is 0 Å². The van der Waals surface area contributed by atoms with Gasteiger partial charge in [0, 0.05) is 37.7 Å². The Hall–Kier alpha value is -1.68. The topological polar surface area (TPSA) is 78.4 Å². The summed E-state index contributed by atoms with van der Waals surface area (Å²) < 4.78 is 5.58. The molecule has 2 aromatic rings. The van der Waals surface area contributed by atoms with Crippen LogP contribution < -0.4 is 5.32 Å². The van der Waals surface area contributed by atoms with Crippen molar-refractivity contribution in [3.8, 4) is 11.4 Å². The van der Waals surface area contributed by atoms with E-state index in [4.69, 9.17) is 9.73 Å². The summed E-state index contributed by atoms with van der Waals surface area (Å²) in [6.07, 6.45) is 2.68. The summed E-state index contributed by atoms with van der Waals surface area (Å²) in [4.78, 5) is 11.4. The molecule has 1 atom stereocenters. The van der Waals surface area contributed by atoms with Crippen molar-refractivity contribution < 1.29 is 4.74 Å². The molecule has 0 radical (unpaired) electrons. The quantitative estimate of drug-likeness (QED) is 0.359. The maximum absolute atomic E-state index is 5.58. The molecule has 1 saturated heterocycles. The van der Waals surface area contributed by atoms with Crippen molar-refractivity contribution in [3.05, 3.63) is 36.2 Å². The summed E-state index contributed by atoms with van der Waals surface area (Å²) in [5, 5.41) is 10.2. The molecule has 1 aliphatic heterocycles. The summed E-state index contributed by atoms with van der Waals surface area (Å²) in [7, 11) is 0. The van der Waals surface area contributed by atoms with Crippen molar-refractivity contribution in [3.63, 3.8) is 0 Å². The Labute approximate surface area is 178 Å². The summed E-state index contributed by atoms with van der Waals surface area (Å²) in [6.45, 7) is 9.31. The number of nitrogens with zero attached hydrogens (tertiary/aromatic N) is 4. The molecule has 1 unspecified atom stereocenters. The number of aromatic amines is 1. The van der Waals surface area contributed by atoms with E-state index < -0.39 is 0 Å². The minimum absolute atomic E-state index is 0. The molecule has 148 valence electrons. The highest BCUT2D eigenvalue weighted by atomic mass is 127. The number of hydrogen-bond donors (Lipinski definition) is 2. The zero-order chi connectivity index (χ0) is 18.2. The Bertz CT molecular complexity index is 706. The number of rotatable bonds is 7. The number of guanidine groups is 1. The van der Waals surface area contributed by atoms with Gasteiger partial charge >= 0.3 is 0 Å². The molecule has 0 amide bonds. The predicted molar refractivity (Wildman–Crippen MR) is 118 cm³/mol. The van der Waals surface area contributed by atoms with Gasteiger partial charge in [0.25, 0.3) is 0 Å². The van der Waals surface area contributed by atoms with E-state index in [1.807, 2.05) is 19.1 Å². The third kappa shape index (κ3) is 6.17. The molecule has 1 aromatic heterocycles. The third-order valence-electron chi connectivity index (χ3n) is 4.50. The van der Waals surface area contributed by atoms with Gasteiger partial charge in [0.15, 0.2) is 11.8 Å². The van der Waals surface area contributed by atoms with Gasteiger partial charge in [-0.25, -0.2) is 9.98 Å². The van der Waals surface area contributed by atoms with Crippen molar-refractivity contribution in [2.45, 2.75) is 26.8 Å². The van der Waals surface area contributed by atoms with E-state index in [1.54, 1.807) is 0 Å². The average molecular weight is 484 g/mol. The van der Waals surface area contributed by atoms with E-state index in [0.29, 0.717) is 12.5 Å². The number of hydrogen-bond acceptors (Lipinski definition) is 4. The SMILES string of the molecule is CCNC(=NCc1cccc(-c2ncn[nH]2)c1)N1CCC(COCC)C1.I. The van der Waals surface area contributed by atoms with Crippen molar-refractivity contribution in [2.75, 3.05) is 32.8 Å². The molecule has 2 heterocycles.